The number of halogens is 1. The van der Waals surface area contributed by atoms with E-state index in [0.717, 1.165) is 31.2 Å². The lowest BCUT2D eigenvalue weighted by Gasteiger charge is -2.32. The molecule has 8 heteroatoms. The Morgan fingerprint density at radius 1 is 1.15 bits per heavy atom. The molecule has 0 saturated heterocycles. The Bertz CT molecular complexity index is 791. The summed E-state index contributed by atoms with van der Waals surface area (Å²) in [7, 11) is 1.54. The highest BCUT2D eigenvalue weighted by molar-refractivity contribution is 6.30. The third-order valence-electron chi connectivity index (χ3n) is 6.68. The van der Waals surface area contributed by atoms with Crippen molar-refractivity contribution in [2.75, 3.05) is 20.3 Å². The summed E-state index contributed by atoms with van der Waals surface area (Å²) < 4.78 is 10.2. The standard InChI is InChI=1S/C26H38ClNO6/c1-3-34-23(29)17-22(8-6-7-19-9-11-21(27)12-10-19)28-25(32)26(14-4-5-15-26)18-20(24(30)31)13-16-33-2/h9-12,20,22H,3-8,13-18H2,1-2H3,(H,28,32)(H,30,31)/t20-,22+/m1/s1. The van der Waals surface area contributed by atoms with Crippen LogP contribution in [0.25, 0.3) is 0 Å². The number of amides is 1. The van der Waals surface area contributed by atoms with Gasteiger partial charge in [0.15, 0.2) is 0 Å². The fraction of sp³-hybridized carbons (Fsp3) is 0.654. The number of aliphatic carboxylic acids is 1. The van der Waals surface area contributed by atoms with Gasteiger partial charge >= 0.3 is 11.9 Å². The molecule has 0 unspecified atom stereocenters. The van der Waals surface area contributed by atoms with Crippen LogP contribution >= 0.6 is 11.6 Å². The molecule has 1 aromatic rings. The molecule has 0 aliphatic heterocycles. The molecule has 2 atom stereocenters. The van der Waals surface area contributed by atoms with Gasteiger partial charge in [-0.15, -0.1) is 0 Å². The van der Waals surface area contributed by atoms with Gasteiger partial charge in [-0.2, -0.15) is 0 Å². The molecular weight excluding hydrogens is 458 g/mol. The van der Waals surface area contributed by atoms with Crippen molar-refractivity contribution in [2.45, 2.75) is 77.2 Å². The first-order valence-corrected chi connectivity index (χ1v) is 12.6. The molecule has 190 valence electrons. The number of carbonyl (C=O) groups is 3. The number of methoxy groups -OCH3 is 1. The van der Waals surface area contributed by atoms with Crippen molar-refractivity contribution in [1.82, 2.24) is 5.32 Å². The van der Waals surface area contributed by atoms with Gasteiger partial charge in [0.25, 0.3) is 0 Å². The van der Waals surface area contributed by atoms with Crippen molar-refractivity contribution < 1.29 is 29.0 Å². The van der Waals surface area contributed by atoms with E-state index in [2.05, 4.69) is 5.32 Å². The van der Waals surface area contributed by atoms with Crippen molar-refractivity contribution in [2.24, 2.45) is 11.3 Å². The zero-order valence-electron chi connectivity index (χ0n) is 20.3. The molecule has 0 heterocycles. The number of carbonyl (C=O) groups excluding carboxylic acids is 2. The summed E-state index contributed by atoms with van der Waals surface area (Å²) in [6, 6.07) is 7.28. The van der Waals surface area contributed by atoms with Gasteiger partial charge < -0.3 is 19.9 Å². The van der Waals surface area contributed by atoms with E-state index < -0.39 is 17.3 Å². The second-order valence-electron chi connectivity index (χ2n) is 9.21. The van der Waals surface area contributed by atoms with Crippen LogP contribution in [0.15, 0.2) is 24.3 Å². The van der Waals surface area contributed by atoms with Gasteiger partial charge in [-0.25, -0.2) is 0 Å². The first-order valence-electron chi connectivity index (χ1n) is 12.2. The van der Waals surface area contributed by atoms with Crippen molar-refractivity contribution in [3.05, 3.63) is 34.9 Å². The lowest BCUT2D eigenvalue weighted by atomic mass is 9.75. The average Bonchev–Trinajstić information content (AvgIpc) is 3.28. The number of nitrogens with one attached hydrogen (secondary N) is 1. The lowest BCUT2D eigenvalue weighted by molar-refractivity contribution is -0.145. The van der Waals surface area contributed by atoms with E-state index in [1.807, 2.05) is 24.3 Å². The summed E-state index contributed by atoms with van der Waals surface area (Å²) in [6.45, 7) is 2.38. The van der Waals surface area contributed by atoms with Crippen LogP contribution in [0.5, 0.6) is 0 Å². The highest BCUT2D eigenvalue weighted by Crippen LogP contribution is 2.44. The average molecular weight is 496 g/mol. The van der Waals surface area contributed by atoms with Crippen LogP contribution in [-0.4, -0.2) is 49.3 Å². The topological polar surface area (TPSA) is 102 Å². The van der Waals surface area contributed by atoms with Gasteiger partial charge in [0.2, 0.25) is 5.91 Å². The van der Waals surface area contributed by atoms with E-state index in [9.17, 15) is 19.5 Å². The number of aryl methyl sites for hydroxylation is 1. The Morgan fingerprint density at radius 2 is 1.82 bits per heavy atom. The molecule has 1 fully saturated rings. The van der Waals surface area contributed by atoms with E-state index in [4.69, 9.17) is 21.1 Å². The Labute approximate surface area is 207 Å². The Kier molecular flexibility index (Phi) is 11.8. The minimum Gasteiger partial charge on any atom is -0.481 e. The van der Waals surface area contributed by atoms with Crippen LogP contribution in [0.3, 0.4) is 0 Å². The number of hydrogen-bond acceptors (Lipinski definition) is 5. The predicted octanol–water partition coefficient (Wildman–Crippen LogP) is 4.79. The highest BCUT2D eigenvalue weighted by atomic mass is 35.5. The van der Waals surface area contributed by atoms with Crippen molar-refractivity contribution >= 4 is 29.4 Å². The normalized spacial score (nSPS) is 16.6. The maximum atomic E-state index is 13.5. The number of carboxylic acid groups (broad SMARTS) is 1. The van der Waals surface area contributed by atoms with E-state index in [1.165, 1.54) is 0 Å². The van der Waals surface area contributed by atoms with Gasteiger partial charge in [0.05, 0.1) is 24.4 Å². The molecule has 0 bridgehead atoms. The number of ether oxygens (including phenoxy) is 2. The minimum atomic E-state index is -0.901. The molecule has 1 aromatic carbocycles. The van der Waals surface area contributed by atoms with Crippen LogP contribution in [0.4, 0.5) is 0 Å². The van der Waals surface area contributed by atoms with E-state index >= 15 is 0 Å². The van der Waals surface area contributed by atoms with Gasteiger partial charge in [-0.05, 0) is 69.6 Å². The molecule has 34 heavy (non-hydrogen) atoms. The first-order chi connectivity index (χ1) is 16.3. The zero-order chi connectivity index (χ0) is 25.0. The van der Waals surface area contributed by atoms with Crippen LogP contribution in [0.2, 0.25) is 5.02 Å². The van der Waals surface area contributed by atoms with Crippen LogP contribution < -0.4 is 5.32 Å². The number of carboxylic acids is 1. The van der Waals surface area contributed by atoms with E-state index in [0.29, 0.717) is 37.3 Å². The molecule has 1 aliphatic rings. The van der Waals surface area contributed by atoms with Crippen molar-refractivity contribution in [3.8, 4) is 0 Å². The third-order valence-corrected chi connectivity index (χ3v) is 6.94. The number of esters is 1. The summed E-state index contributed by atoms with van der Waals surface area (Å²) in [5, 5.41) is 13.5. The molecule has 1 aliphatic carbocycles. The first kappa shape index (κ1) is 28.1. The number of rotatable bonds is 15. The molecule has 0 spiro atoms. The maximum absolute atomic E-state index is 13.5. The monoisotopic (exact) mass is 495 g/mol. The van der Waals surface area contributed by atoms with Gasteiger partial charge in [-0.1, -0.05) is 36.6 Å². The molecule has 1 saturated carbocycles. The van der Waals surface area contributed by atoms with Crippen LogP contribution in [0, 0.1) is 11.3 Å². The minimum absolute atomic E-state index is 0.0995. The number of benzene rings is 1. The molecule has 2 rings (SSSR count). The van der Waals surface area contributed by atoms with E-state index in [-0.39, 0.29) is 37.4 Å². The predicted molar refractivity (Wildman–Crippen MR) is 131 cm³/mol. The SMILES string of the molecule is CCOC(=O)C[C@H](CCCc1ccc(Cl)cc1)NC(=O)C1(C[C@@H](CCOC)C(=O)O)CCCC1. The quantitative estimate of drug-likeness (QED) is 0.339. The smallest absolute Gasteiger partial charge is 0.307 e. The second kappa shape index (κ2) is 14.3. The van der Waals surface area contributed by atoms with Crippen molar-refractivity contribution in [3.63, 3.8) is 0 Å². The van der Waals surface area contributed by atoms with Crippen LogP contribution in [-0.2, 0) is 30.3 Å². The molecule has 1 amide bonds. The molecule has 2 N–H and O–H groups in total. The Balaban J connectivity index is 2.07. The molecule has 7 nitrogen and oxygen atoms in total. The van der Waals surface area contributed by atoms with Gasteiger partial charge in [0, 0.05) is 24.8 Å². The van der Waals surface area contributed by atoms with E-state index in [1.54, 1.807) is 14.0 Å². The fourth-order valence-electron chi connectivity index (χ4n) is 4.81. The maximum Gasteiger partial charge on any atom is 0.307 e. The summed E-state index contributed by atoms with van der Waals surface area (Å²) >= 11 is 5.96. The van der Waals surface area contributed by atoms with Crippen molar-refractivity contribution in [1.29, 1.82) is 0 Å². The highest BCUT2D eigenvalue weighted by Gasteiger charge is 2.44. The number of hydrogen-bond donors (Lipinski definition) is 2. The van der Waals surface area contributed by atoms with Gasteiger partial charge in [0.1, 0.15) is 0 Å². The summed E-state index contributed by atoms with van der Waals surface area (Å²) in [6.07, 6.45) is 6.06. The largest absolute Gasteiger partial charge is 0.481 e. The Hall–Kier alpha value is -2.12. The molecule has 0 aromatic heterocycles. The summed E-state index contributed by atoms with van der Waals surface area (Å²) in [4.78, 5) is 37.6. The molecule has 0 radical (unpaired) electrons. The fourth-order valence-corrected chi connectivity index (χ4v) is 4.93. The molecular formula is C26H38ClNO6. The zero-order valence-corrected chi connectivity index (χ0v) is 21.1. The van der Waals surface area contributed by atoms with Crippen LogP contribution in [0.1, 0.15) is 70.3 Å². The summed E-state index contributed by atoms with van der Waals surface area (Å²) in [5.74, 6) is -2.03. The third kappa shape index (κ3) is 8.91. The summed E-state index contributed by atoms with van der Waals surface area (Å²) in [5.41, 5.74) is 0.417. The second-order valence-corrected chi connectivity index (χ2v) is 9.64. The lowest BCUT2D eigenvalue weighted by Crippen LogP contribution is -2.46. The Morgan fingerprint density at radius 3 is 2.41 bits per heavy atom. The van der Waals surface area contributed by atoms with Gasteiger partial charge in [-0.3, -0.25) is 14.4 Å².